The topological polar surface area (TPSA) is 86.8 Å². The van der Waals surface area contributed by atoms with Crippen molar-refractivity contribution in [2.24, 2.45) is 5.92 Å². The van der Waals surface area contributed by atoms with Crippen molar-refractivity contribution in [3.8, 4) is 0 Å². The van der Waals surface area contributed by atoms with Crippen LogP contribution in [0.5, 0.6) is 0 Å². The zero-order valence-electron chi connectivity index (χ0n) is 25.1. The van der Waals surface area contributed by atoms with Crippen LogP contribution < -0.4 is 9.62 Å². The molecule has 7 nitrogen and oxygen atoms in total. The van der Waals surface area contributed by atoms with Crippen LogP contribution in [-0.4, -0.2) is 50.5 Å². The maximum Gasteiger partial charge on any atom is 0.243 e. The first-order valence-electron chi connectivity index (χ1n) is 14.3. The van der Waals surface area contributed by atoms with Crippen molar-refractivity contribution in [1.29, 1.82) is 0 Å². The standard InChI is InChI=1S/C33H42ClN3O4S/c1-24(2)22-35-33(39)31(21-27-14-7-6-8-15-27)36(23-28-16-10-9-13-25(28)3)32(38)19-12-20-37(42(5,40)41)30-18-11-17-29(34)26(30)4/h6-11,13-18,24,31H,12,19-23H2,1-5H3,(H,35,39)/t31-/m0/s1. The summed E-state index contributed by atoms with van der Waals surface area (Å²) in [4.78, 5) is 29.3. The second-order valence-electron chi connectivity index (χ2n) is 11.1. The van der Waals surface area contributed by atoms with Crippen molar-refractivity contribution in [1.82, 2.24) is 10.2 Å². The Morgan fingerprint density at radius 2 is 1.60 bits per heavy atom. The molecule has 9 heteroatoms. The van der Waals surface area contributed by atoms with Gasteiger partial charge in [-0.25, -0.2) is 8.42 Å². The van der Waals surface area contributed by atoms with E-state index < -0.39 is 16.1 Å². The molecule has 1 N–H and O–H groups in total. The third-order valence-corrected chi connectivity index (χ3v) is 8.81. The monoisotopic (exact) mass is 611 g/mol. The van der Waals surface area contributed by atoms with E-state index in [2.05, 4.69) is 5.32 Å². The highest BCUT2D eigenvalue weighted by Crippen LogP contribution is 2.28. The van der Waals surface area contributed by atoms with Crippen LogP contribution in [0.15, 0.2) is 72.8 Å². The summed E-state index contributed by atoms with van der Waals surface area (Å²) < 4.78 is 26.8. The molecule has 0 bridgehead atoms. The number of nitrogens with one attached hydrogen (secondary N) is 1. The lowest BCUT2D eigenvalue weighted by atomic mass is 10.0. The fourth-order valence-electron chi connectivity index (χ4n) is 4.80. The predicted molar refractivity (Wildman–Crippen MR) is 171 cm³/mol. The van der Waals surface area contributed by atoms with Gasteiger partial charge in [-0.2, -0.15) is 0 Å². The van der Waals surface area contributed by atoms with Crippen molar-refractivity contribution in [3.63, 3.8) is 0 Å². The Kier molecular flexibility index (Phi) is 12.0. The Labute approximate surface area is 255 Å². The molecule has 0 radical (unpaired) electrons. The van der Waals surface area contributed by atoms with E-state index >= 15 is 0 Å². The zero-order valence-corrected chi connectivity index (χ0v) is 26.7. The van der Waals surface area contributed by atoms with Crippen LogP contribution in [0.4, 0.5) is 5.69 Å². The molecule has 3 aromatic rings. The van der Waals surface area contributed by atoms with Gasteiger partial charge >= 0.3 is 0 Å². The van der Waals surface area contributed by atoms with Gasteiger partial charge in [-0.05, 0) is 60.6 Å². The van der Waals surface area contributed by atoms with Crippen LogP contribution in [0.2, 0.25) is 5.02 Å². The van der Waals surface area contributed by atoms with E-state index in [0.29, 0.717) is 29.2 Å². The molecular formula is C33H42ClN3O4S. The van der Waals surface area contributed by atoms with Gasteiger partial charge in [0.1, 0.15) is 6.04 Å². The van der Waals surface area contributed by atoms with Gasteiger partial charge in [0.05, 0.1) is 11.9 Å². The van der Waals surface area contributed by atoms with Crippen molar-refractivity contribution in [3.05, 3.63) is 100 Å². The molecule has 3 aromatic carbocycles. The second kappa shape index (κ2) is 15.2. The highest BCUT2D eigenvalue weighted by atomic mass is 35.5. The molecular weight excluding hydrogens is 570 g/mol. The number of hydrogen-bond donors (Lipinski definition) is 1. The Morgan fingerprint density at radius 3 is 2.24 bits per heavy atom. The van der Waals surface area contributed by atoms with Crippen LogP contribution >= 0.6 is 11.6 Å². The molecule has 0 aromatic heterocycles. The number of benzene rings is 3. The quantitative estimate of drug-likeness (QED) is 0.245. The van der Waals surface area contributed by atoms with Gasteiger partial charge in [0, 0.05) is 37.5 Å². The molecule has 0 saturated carbocycles. The molecule has 0 aliphatic rings. The molecule has 0 aliphatic carbocycles. The van der Waals surface area contributed by atoms with E-state index in [1.165, 1.54) is 4.31 Å². The fraction of sp³-hybridized carbons (Fsp3) is 0.394. The zero-order chi connectivity index (χ0) is 30.9. The average molecular weight is 612 g/mol. The number of hydrogen-bond acceptors (Lipinski definition) is 4. The maximum absolute atomic E-state index is 14.0. The molecule has 3 rings (SSSR count). The summed E-state index contributed by atoms with van der Waals surface area (Å²) in [6.07, 6.45) is 1.85. The lowest BCUT2D eigenvalue weighted by molar-refractivity contribution is -0.141. The summed E-state index contributed by atoms with van der Waals surface area (Å²) in [5, 5.41) is 3.50. The second-order valence-corrected chi connectivity index (χ2v) is 13.4. The largest absolute Gasteiger partial charge is 0.354 e. The van der Waals surface area contributed by atoms with E-state index in [9.17, 15) is 18.0 Å². The fourth-order valence-corrected chi connectivity index (χ4v) is 5.98. The van der Waals surface area contributed by atoms with Crippen molar-refractivity contribution in [2.75, 3.05) is 23.7 Å². The number of anilines is 1. The van der Waals surface area contributed by atoms with Gasteiger partial charge in [0.15, 0.2) is 0 Å². The summed E-state index contributed by atoms with van der Waals surface area (Å²) in [5.41, 5.74) is 4.07. The number of carbonyl (C=O) groups is 2. The van der Waals surface area contributed by atoms with Crippen LogP contribution in [0.3, 0.4) is 0 Å². The first-order chi connectivity index (χ1) is 19.9. The Bertz CT molecular complexity index is 1460. The van der Waals surface area contributed by atoms with Crippen molar-refractivity contribution in [2.45, 2.75) is 59.5 Å². The molecule has 0 saturated heterocycles. The lowest BCUT2D eigenvalue weighted by Gasteiger charge is -2.32. The number of aryl methyl sites for hydroxylation is 1. The van der Waals surface area contributed by atoms with Gasteiger partial charge in [-0.3, -0.25) is 13.9 Å². The van der Waals surface area contributed by atoms with Crippen LogP contribution in [0.25, 0.3) is 0 Å². The molecule has 0 aliphatic heterocycles. The molecule has 0 heterocycles. The smallest absolute Gasteiger partial charge is 0.243 e. The Morgan fingerprint density at radius 1 is 0.929 bits per heavy atom. The van der Waals surface area contributed by atoms with E-state index in [1.807, 2.05) is 75.4 Å². The summed E-state index contributed by atoms with van der Waals surface area (Å²) in [5.74, 6) is -0.166. The highest BCUT2D eigenvalue weighted by molar-refractivity contribution is 7.92. The van der Waals surface area contributed by atoms with Gasteiger partial charge in [0.25, 0.3) is 0 Å². The summed E-state index contributed by atoms with van der Waals surface area (Å²) >= 11 is 6.28. The minimum Gasteiger partial charge on any atom is -0.354 e. The number of amides is 2. The molecule has 42 heavy (non-hydrogen) atoms. The third-order valence-electron chi connectivity index (χ3n) is 7.22. The van der Waals surface area contributed by atoms with E-state index in [1.54, 1.807) is 30.0 Å². The van der Waals surface area contributed by atoms with Crippen molar-refractivity contribution >= 4 is 39.1 Å². The van der Waals surface area contributed by atoms with Crippen LogP contribution in [0.1, 0.15) is 48.9 Å². The summed E-state index contributed by atoms with van der Waals surface area (Å²) in [6, 6.07) is 21.9. The maximum atomic E-state index is 14.0. The minimum absolute atomic E-state index is 0.0697. The number of nitrogens with zero attached hydrogens (tertiary/aromatic N) is 2. The number of halogens is 1. The molecule has 0 fully saturated rings. The molecule has 2 amide bonds. The average Bonchev–Trinajstić information content (AvgIpc) is 2.94. The van der Waals surface area contributed by atoms with Gasteiger partial charge in [-0.15, -0.1) is 0 Å². The Hall–Kier alpha value is -3.36. The first-order valence-corrected chi connectivity index (χ1v) is 16.5. The summed E-state index contributed by atoms with van der Waals surface area (Å²) in [6.45, 7) is 8.68. The third kappa shape index (κ3) is 9.33. The molecule has 226 valence electrons. The first kappa shape index (κ1) is 33.1. The molecule has 1 atom stereocenters. The molecule has 0 unspecified atom stereocenters. The van der Waals surface area contributed by atoms with Gasteiger partial charge in [0.2, 0.25) is 21.8 Å². The molecule has 0 spiro atoms. The van der Waals surface area contributed by atoms with E-state index in [-0.39, 0.29) is 43.7 Å². The van der Waals surface area contributed by atoms with Gasteiger partial charge in [-0.1, -0.05) is 86.1 Å². The van der Waals surface area contributed by atoms with Gasteiger partial charge < -0.3 is 10.2 Å². The highest BCUT2D eigenvalue weighted by Gasteiger charge is 2.31. The van der Waals surface area contributed by atoms with Crippen molar-refractivity contribution < 1.29 is 18.0 Å². The minimum atomic E-state index is -3.63. The number of rotatable bonds is 14. The van der Waals surface area contributed by atoms with E-state index in [4.69, 9.17) is 11.6 Å². The summed E-state index contributed by atoms with van der Waals surface area (Å²) in [7, 11) is -3.63. The normalized spacial score (nSPS) is 12.2. The van der Waals surface area contributed by atoms with Crippen LogP contribution in [-0.2, 0) is 32.6 Å². The van der Waals surface area contributed by atoms with E-state index in [0.717, 1.165) is 22.9 Å². The number of carbonyl (C=O) groups excluding carboxylic acids is 2. The number of sulfonamides is 1. The predicted octanol–water partition coefficient (Wildman–Crippen LogP) is 5.92. The SMILES string of the molecule is Cc1ccccc1CN(C(=O)CCCN(c1cccc(Cl)c1C)S(C)(=O)=O)[C@@H](Cc1ccccc1)C(=O)NCC(C)C. The van der Waals surface area contributed by atoms with Crippen LogP contribution in [0, 0.1) is 19.8 Å². The Balaban J connectivity index is 1.91. The lowest BCUT2D eigenvalue weighted by Crippen LogP contribution is -2.51.